The summed E-state index contributed by atoms with van der Waals surface area (Å²) in [5, 5.41) is 4.35. The van der Waals surface area contributed by atoms with E-state index in [2.05, 4.69) is 31.1 Å². The topological polar surface area (TPSA) is 108 Å². The minimum Gasteiger partial charge on any atom is -0.443 e. The van der Waals surface area contributed by atoms with Crippen molar-refractivity contribution in [2.45, 2.75) is 58.1 Å². The molecule has 0 unspecified atom stereocenters. The molecule has 0 aliphatic rings. The normalized spacial score (nSPS) is 11.8. The molecule has 152 valence electrons. The lowest BCUT2D eigenvalue weighted by Crippen LogP contribution is -2.44. The molecule has 0 spiro atoms. The number of ether oxygens (including phenoxy) is 2. The van der Waals surface area contributed by atoms with Crippen molar-refractivity contribution < 1.29 is 23.6 Å². The molecule has 0 saturated heterocycles. The van der Waals surface area contributed by atoms with Crippen molar-refractivity contribution in [1.82, 2.24) is 15.1 Å². The van der Waals surface area contributed by atoms with E-state index in [0.717, 1.165) is 0 Å². The Hall–Kier alpha value is -2.49. The number of carbonyl (C=O) groups excluding carboxylic acids is 2. The van der Waals surface area contributed by atoms with Crippen molar-refractivity contribution in [3.05, 3.63) is 24.2 Å². The zero-order valence-corrected chi connectivity index (χ0v) is 18.2. The van der Waals surface area contributed by atoms with Crippen LogP contribution >= 0.6 is 15.9 Å². The molecule has 2 aromatic rings. The number of alkyl halides is 1. The predicted molar refractivity (Wildman–Crippen MR) is 105 cm³/mol. The first-order valence-electron chi connectivity index (χ1n) is 8.50. The van der Waals surface area contributed by atoms with Gasteiger partial charge in [-0.15, -0.1) is 0 Å². The predicted octanol–water partition coefficient (Wildman–Crippen LogP) is 4.70. The SMILES string of the molecule is CC(C)(C)OC(=O)N(C(=O)OC(C)(C)C)c1nccnc1-c1cc(CBr)no1. The number of nitrogens with zero attached hydrogens (tertiary/aromatic N) is 4. The van der Waals surface area contributed by atoms with E-state index in [9.17, 15) is 9.59 Å². The highest BCUT2D eigenvalue weighted by atomic mass is 79.9. The van der Waals surface area contributed by atoms with Crippen LogP contribution in [0, 0.1) is 0 Å². The van der Waals surface area contributed by atoms with Gasteiger partial charge in [-0.25, -0.2) is 19.6 Å². The van der Waals surface area contributed by atoms with Crippen LogP contribution in [0.5, 0.6) is 0 Å². The lowest BCUT2D eigenvalue weighted by atomic mass is 10.2. The Bertz CT molecular complexity index is 826. The smallest absolute Gasteiger partial charge is 0.425 e. The van der Waals surface area contributed by atoms with Crippen LogP contribution < -0.4 is 4.90 Å². The van der Waals surface area contributed by atoms with Crippen LogP contribution in [0.4, 0.5) is 15.4 Å². The van der Waals surface area contributed by atoms with Crippen molar-refractivity contribution in [2.75, 3.05) is 4.90 Å². The van der Waals surface area contributed by atoms with Gasteiger partial charge in [0.1, 0.15) is 11.2 Å². The van der Waals surface area contributed by atoms with Gasteiger partial charge in [0.15, 0.2) is 17.3 Å². The third kappa shape index (κ3) is 5.75. The lowest BCUT2D eigenvalue weighted by molar-refractivity contribution is 0.0429. The van der Waals surface area contributed by atoms with E-state index in [4.69, 9.17) is 14.0 Å². The van der Waals surface area contributed by atoms with E-state index in [0.29, 0.717) is 15.9 Å². The Morgan fingerprint density at radius 2 is 1.57 bits per heavy atom. The summed E-state index contributed by atoms with van der Waals surface area (Å²) >= 11 is 3.29. The van der Waals surface area contributed by atoms with Gasteiger partial charge < -0.3 is 14.0 Å². The van der Waals surface area contributed by atoms with E-state index < -0.39 is 23.4 Å². The first-order chi connectivity index (χ1) is 12.9. The fourth-order valence-electron chi connectivity index (χ4n) is 2.02. The average Bonchev–Trinajstić information content (AvgIpc) is 3.01. The second-order valence-corrected chi connectivity index (χ2v) is 8.40. The van der Waals surface area contributed by atoms with Crippen LogP contribution in [0.25, 0.3) is 11.5 Å². The zero-order chi connectivity index (χ0) is 21.1. The van der Waals surface area contributed by atoms with Crippen LogP contribution in [0.1, 0.15) is 47.2 Å². The average molecular weight is 455 g/mol. The monoisotopic (exact) mass is 454 g/mol. The minimum atomic E-state index is -0.941. The molecule has 0 N–H and O–H groups in total. The van der Waals surface area contributed by atoms with Gasteiger partial charge >= 0.3 is 12.2 Å². The molecule has 10 heteroatoms. The summed E-state index contributed by atoms with van der Waals surface area (Å²) in [5.74, 6) is 0.165. The number of anilines is 1. The molecular formula is C18H23BrN4O5. The first-order valence-corrected chi connectivity index (χ1v) is 9.62. The van der Waals surface area contributed by atoms with Crippen LogP contribution in [0.3, 0.4) is 0 Å². The Labute approximate surface area is 171 Å². The molecule has 9 nitrogen and oxygen atoms in total. The van der Waals surface area contributed by atoms with Crippen molar-refractivity contribution >= 4 is 33.9 Å². The maximum atomic E-state index is 12.8. The minimum absolute atomic E-state index is 0.0803. The van der Waals surface area contributed by atoms with Crippen molar-refractivity contribution in [3.8, 4) is 11.5 Å². The molecule has 2 aromatic heterocycles. The highest BCUT2D eigenvalue weighted by Crippen LogP contribution is 2.30. The molecular weight excluding hydrogens is 432 g/mol. The lowest BCUT2D eigenvalue weighted by Gasteiger charge is -2.28. The Morgan fingerprint density at radius 1 is 1.04 bits per heavy atom. The summed E-state index contributed by atoms with van der Waals surface area (Å²) in [6, 6.07) is 1.63. The third-order valence-corrected chi connectivity index (χ3v) is 3.55. The van der Waals surface area contributed by atoms with Gasteiger partial charge in [0.2, 0.25) is 0 Å². The Morgan fingerprint density at radius 3 is 2.04 bits per heavy atom. The quantitative estimate of drug-likeness (QED) is 0.613. The highest BCUT2D eigenvalue weighted by molar-refractivity contribution is 9.08. The molecule has 0 radical (unpaired) electrons. The van der Waals surface area contributed by atoms with Crippen molar-refractivity contribution in [2.24, 2.45) is 0 Å². The van der Waals surface area contributed by atoms with Crippen LogP contribution in [0.2, 0.25) is 0 Å². The van der Waals surface area contributed by atoms with E-state index in [1.807, 2.05) is 0 Å². The summed E-state index contributed by atoms with van der Waals surface area (Å²) in [5.41, 5.74) is -0.906. The van der Waals surface area contributed by atoms with Gasteiger partial charge in [-0.1, -0.05) is 21.1 Å². The largest absolute Gasteiger partial charge is 0.443 e. The first kappa shape index (κ1) is 21.8. The molecule has 0 bridgehead atoms. The molecule has 2 heterocycles. The molecule has 0 atom stereocenters. The molecule has 0 aliphatic carbocycles. The molecule has 2 amide bonds. The number of imide groups is 1. The van der Waals surface area contributed by atoms with Crippen LogP contribution in [-0.2, 0) is 14.8 Å². The van der Waals surface area contributed by atoms with Crippen LogP contribution in [0.15, 0.2) is 23.0 Å². The zero-order valence-electron chi connectivity index (χ0n) is 16.6. The van der Waals surface area contributed by atoms with Crippen molar-refractivity contribution in [1.29, 1.82) is 0 Å². The molecule has 2 rings (SSSR count). The summed E-state index contributed by atoms with van der Waals surface area (Å²) in [6.07, 6.45) is 0.882. The van der Waals surface area contributed by atoms with Gasteiger partial charge in [0.05, 0.1) is 5.69 Å². The second-order valence-electron chi connectivity index (χ2n) is 7.84. The number of carbonyl (C=O) groups is 2. The molecule has 0 aliphatic heterocycles. The van der Waals surface area contributed by atoms with E-state index in [1.165, 1.54) is 12.4 Å². The standard InChI is InChI=1S/C18H23BrN4O5/c1-17(2,3)26-15(24)23(16(25)27-18(4,5)6)14-13(20-7-8-21-14)12-9-11(10-19)22-28-12/h7-9H,10H2,1-6H3. The number of halogens is 1. The molecule has 0 saturated carbocycles. The fraction of sp³-hybridized carbons (Fsp3) is 0.500. The number of hydrogen-bond acceptors (Lipinski definition) is 8. The van der Waals surface area contributed by atoms with E-state index in [1.54, 1.807) is 47.6 Å². The number of hydrogen-bond donors (Lipinski definition) is 0. The molecule has 0 aromatic carbocycles. The summed E-state index contributed by atoms with van der Waals surface area (Å²) in [6.45, 7) is 10.1. The number of amides is 2. The van der Waals surface area contributed by atoms with Gasteiger partial charge in [-0.3, -0.25) is 0 Å². The molecule has 0 fully saturated rings. The second kappa shape index (κ2) is 8.26. The van der Waals surface area contributed by atoms with Gasteiger partial charge in [0, 0.05) is 23.8 Å². The maximum Gasteiger partial charge on any atom is 0.425 e. The van der Waals surface area contributed by atoms with E-state index >= 15 is 0 Å². The fourth-order valence-corrected chi connectivity index (χ4v) is 2.28. The Kier molecular flexibility index (Phi) is 6.43. The summed E-state index contributed by atoms with van der Waals surface area (Å²) in [4.78, 5) is 34.7. The third-order valence-electron chi connectivity index (χ3n) is 2.97. The molecule has 28 heavy (non-hydrogen) atoms. The highest BCUT2D eigenvalue weighted by Gasteiger charge is 2.36. The van der Waals surface area contributed by atoms with Gasteiger partial charge in [-0.05, 0) is 41.5 Å². The Balaban J connectivity index is 2.54. The summed E-state index contributed by atoms with van der Waals surface area (Å²) in [7, 11) is 0. The van der Waals surface area contributed by atoms with Crippen LogP contribution in [-0.4, -0.2) is 38.5 Å². The van der Waals surface area contributed by atoms with Gasteiger partial charge in [-0.2, -0.15) is 4.90 Å². The maximum absolute atomic E-state index is 12.8. The number of aromatic nitrogens is 3. The summed E-state index contributed by atoms with van der Waals surface area (Å²) < 4.78 is 16.0. The van der Waals surface area contributed by atoms with Crippen molar-refractivity contribution in [3.63, 3.8) is 0 Å². The number of rotatable bonds is 3. The van der Waals surface area contributed by atoms with E-state index in [-0.39, 0.29) is 17.3 Å². The van der Waals surface area contributed by atoms with Gasteiger partial charge in [0.25, 0.3) is 0 Å².